The van der Waals surface area contributed by atoms with Crippen LogP contribution in [0.3, 0.4) is 0 Å². The minimum atomic E-state index is 0.359. The van der Waals surface area contributed by atoms with Crippen LogP contribution < -0.4 is 0 Å². The lowest BCUT2D eigenvalue weighted by molar-refractivity contribution is 0.160. The van der Waals surface area contributed by atoms with Crippen molar-refractivity contribution >= 4 is 0 Å². The Morgan fingerprint density at radius 2 is 2.09 bits per heavy atom. The number of aliphatic hydroxyl groups is 1. The van der Waals surface area contributed by atoms with E-state index in [0.29, 0.717) is 12.6 Å². The molecule has 2 unspecified atom stereocenters. The molecule has 2 aliphatic rings. The van der Waals surface area contributed by atoms with Crippen molar-refractivity contribution in [2.45, 2.75) is 26.3 Å². The van der Waals surface area contributed by atoms with Gasteiger partial charge in [-0.2, -0.15) is 0 Å². The summed E-state index contributed by atoms with van der Waals surface area (Å²) < 4.78 is 0. The number of hydrogen-bond acceptors (Lipinski definition) is 2. The van der Waals surface area contributed by atoms with Crippen LogP contribution in [0.2, 0.25) is 0 Å². The first-order valence-corrected chi connectivity index (χ1v) is 4.64. The zero-order valence-electron chi connectivity index (χ0n) is 7.75. The minimum Gasteiger partial charge on any atom is -0.395 e. The Bertz CT molecular complexity index is 125. The number of piperidine rings is 1. The van der Waals surface area contributed by atoms with Crippen LogP contribution in [0.15, 0.2) is 0 Å². The van der Waals surface area contributed by atoms with Crippen molar-refractivity contribution in [1.82, 2.24) is 4.90 Å². The van der Waals surface area contributed by atoms with E-state index in [1.165, 1.54) is 13.0 Å². The van der Waals surface area contributed by atoms with E-state index >= 15 is 0 Å². The number of aliphatic hydroxyl groups excluding tert-OH is 1. The van der Waals surface area contributed by atoms with E-state index in [2.05, 4.69) is 11.9 Å². The second-order valence-electron chi connectivity index (χ2n) is 3.35. The van der Waals surface area contributed by atoms with Crippen LogP contribution in [0.1, 0.15) is 20.3 Å². The average molecular weight is 157 g/mol. The Morgan fingerprint density at radius 1 is 1.45 bits per heavy atom. The summed E-state index contributed by atoms with van der Waals surface area (Å²) in [5, 5.41) is 8.89. The van der Waals surface area contributed by atoms with E-state index < -0.39 is 0 Å². The van der Waals surface area contributed by atoms with Gasteiger partial charge in [0.05, 0.1) is 6.61 Å². The van der Waals surface area contributed by atoms with Gasteiger partial charge in [0.25, 0.3) is 0 Å². The van der Waals surface area contributed by atoms with Crippen molar-refractivity contribution in [2.75, 3.05) is 20.2 Å². The topological polar surface area (TPSA) is 23.5 Å². The molecule has 0 radical (unpaired) electrons. The predicted molar refractivity (Wildman–Crippen MR) is 46.4 cm³/mol. The third-order valence-corrected chi connectivity index (χ3v) is 2.75. The second kappa shape index (κ2) is 3.55. The van der Waals surface area contributed by atoms with Gasteiger partial charge in [-0.3, -0.25) is 0 Å². The standard InChI is InChI=1S/C7H13NO.C2H6/c1-8-3-5-2-6(5)7(8)4-9;1-2/h5-7,9H,2-4H2,1H3;1-2H3/t5?,6?,7-;/m1./s1. The smallest absolute Gasteiger partial charge is 0.0589 e. The van der Waals surface area contributed by atoms with Gasteiger partial charge in [0.1, 0.15) is 0 Å². The van der Waals surface area contributed by atoms with Gasteiger partial charge < -0.3 is 10.0 Å². The van der Waals surface area contributed by atoms with Crippen LogP contribution in [0, 0.1) is 11.8 Å². The Labute approximate surface area is 69.2 Å². The van der Waals surface area contributed by atoms with Crippen molar-refractivity contribution in [3.63, 3.8) is 0 Å². The molecule has 0 aromatic heterocycles. The Hall–Kier alpha value is -0.0800. The molecule has 1 aliphatic heterocycles. The fraction of sp³-hybridized carbons (Fsp3) is 1.00. The van der Waals surface area contributed by atoms with E-state index in [9.17, 15) is 0 Å². The maximum absolute atomic E-state index is 8.89. The van der Waals surface area contributed by atoms with Crippen LogP contribution in [-0.2, 0) is 0 Å². The van der Waals surface area contributed by atoms with Gasteiger partial charge in [-0.25, -0.2) is 0 Å². The molecule has 0 aromatic rings. The van der Waals surface area contributed by atoms with Crippen LogP contribution >= 0.6 is 0 Å². The first-order chi connectivity index (χ1) is 5.33. The lowest BCUT2D eigenvalue weighted by atomic mass is 10.2. The van der Waals surface area contributed by atoms with E-state index in [0.717, 1.165) is 11.8 Å². The normalized spacial score (nSPS) is 40.9. The number of hydrogen-bond donors (Lipinski definition) is 1. The van der Waals surface area contributed by atoms with E-state index in [1.54, 1.807) is 0 Å². The zero-order chi connectivity index (χ0) is 8.43. The van der Waals surface area contributed by atoms with Gasteiger partial charge in [-0.15, -0.1) is 0 Å². The lowest BCUT2D eigenvalue weighted by Crippen LogP contribution is -2.32. The summed E-state index contributed by atoms with van der Waals surface area (Å²) in [4.78, 5) is 2.28. The molecule has 66 valence electrons. The Kier molecular flexibility index (Phi) is 2.90. The molecule has 1 aliphatic carbocycles. The number of likely N-dealkylation sites (tertiary alicyclic amines) is 1. The molecular weight excluding hydrogens is 138 g/mol. The fourth-order valence-electron chi connectivity index (χ4n) is 2.06. The molecule has 1 saturated carbocycles. The summed E-state index contributed by atoms with van der Waals surface area (Å²) in [7, 11) is 2.10. The van der Waals surface area contributed by atoms with Gasteiger partial charge in [0.15, 0.2) is 0 Å². The summed E-state index contributed by atoms with van der Waals surface area (Å²) >= 11 is 0. The molecule has 1 N–H and O–H groups in total. The van der Waals surface area contributed by atoms with E-state index in [4.69, 9.17) is 5.11 Å². The van der Waals surface area contributed by atoms with Crippen molar-refractivity contribution in [2.24, 2.45) is 11.8 Å². The van der Waals surface area contributed by atoms with Crippen LogP contribution in [0.4, 0.5) is 0 Å². The van der Waals surface area contributed by atoms with Gasteiger partial charge in [-0.05, 0) is 25.3 Å². The van der Waals surface area contributed by atoms with E-state index in [-0.39, 0.29) is 0 Å². The van der Waals surface area contributed by atoms with Crippen molar-refractivity contribution in [3.05, 3.63) is 0 Å². The molecule has 1 heterocycles. The first-order valence-electron chi connectivity index (χ1n) is 4.64. The molecule has 0 bridgehead atoms. The lowest BCUT2D eigenvalue weighted by Gasteiger charge is -2.19. The molecule has 2 nitrogen and oxygen atoms in total. The average Bonchev–Trinajstić information content (AvgIpc) is 2.69. The van der Waals surface area contributed by atoms with Crippen LogP contribution in [-0.4, -0.2) is 36.2 Å². The molecule has 0 amide bonds. The maximum Gasteiger partial charge on any atom is 0.0589 e. The second-order valence-corrected chi connectivity index (χ2v) is 3.35. The summed E-state index contributed by atoms with van der Waals surface area (Å²) in [6, 6.07) is 0.495. The molecule has 2 rings (SSSR count). The third kappa shape index (κ3) is 1.57. The SMILES string of the molecule is CC.CN1CC2CC2[C@H]1CO. The molecule has 2 heteroatoms. The van der Waals surface area contributed by atoms with Gasteiger partial charge in [-0.1, -0.05) is 13.8 Å². The highest BCUT2D eigenvalue weighted by molar-refractivity contribution is 5.02. The van der Waals surface area contributed by atoms with Crippen molar-refractivity contribution in [1.29, 1.82) is 0 Å². The largest absolute Gasteiger partial charge is 0.395 e. The third-order valence-electron chi connectivity index (χ3n) is 2.75. The number of rotatable bonds is 1. The van der Waals surface area contributed by atoms with Crippen molar-refractivity contribution in [3.8, 4) is 0 Å². The van der Waals surface area contributed by atoms with Gasteiger partial charge >= 0.3 is 0 Å². The molecule has 11 heavy (non-hydrogen) atoms. The number of likely N-dealkylation sites (N-methyl/N-ethyl adjacent to an activating group) is 1. The van der Waals surface area contributed by atoms with Gasteiger partial charge in [0, 0.05) is 12.6 Å². The number of fused-ring (bicyclic) bond motifs is 1. The molecule has 3 atom stereocenters. The molecule has 0 aromatic carbocycles. The maximum atomic E-state index is 8.89. The summed E-state index contributed by atoms with van der Waals surface area (Å²) in [5.41, 5.74) is 0. The van der Waals surface area contributed by atoms with Crippen LogP contribution in [0.5, 0.6) is 0 Å². The summed E-state index contributed by atoms with van der Waals surface area (Å²) in [6.45, 7) is 5.58. The molecular formula is C9H19NO. The van der Waals surface area contributed by atoms with Crippen molar-refractivity contribution < 1.29 is 5.11 Å². The summed E-state index contributed by atoms with van der Waals surface area (Å²) in [6.07, 6.45) is 1.37. The van der Waals surface area contributed by atoms with E-state index in [1.807, 2.05) is 13.8 Å². The van der Waals surface area contributed by atoms with Gasteiger partial charge in [0.2, 0.25) is 0 Å². The zero-order valence-corrected chi connectivity index (χ0v) is 7.75. The molecule has 1 saturated heterocycles. The highest BCUT2D eigenvalue weighted by atomic mass is 16.3. The highest BCUT2D eigenvalue weighted by Crippen LogP contribution is 2.48. The number of nitrogens with zero attached hydrogens (tertiary/aromatic N) is 1. The Balaban J connectivity index is 0.000000281. The Morgan fingerprint density at radius 3 is 2.36 bits per heavy atom. The summed E-state index contributed by atoms with van der Waals surface area (Å²) in [5.74, 6) is 1.78. The first kappa shape index (κ1) is 9.01. The predicted octanol–water partition coefficient (Wildman–Crippen LogP) is 0.955. The fourth-order valence-corrected chi connectivity index (χ4v) is 2.06. The monoisotopic (exact) mass is 157 g/mol. The molecule has 2 fully saturated rings. The van der Waals surface area contributed by atoms with Crippen LogP contribution in [0.25, 0.3) is 0 Å². The highest BCUT2D eigenvalue weighted by Gasteiger charge is 2.50. The minimum absolute atomic E-state index is 0.359. The quantitative estimate of drug-likeness (QED) is 0.612. The molecule has 0 spiro atoms.